The third kappa shape index (κ3) is 10.7. The molecule has 0 aliphatic rings. The lowest BCUT2D eigenvalue weighted by Gasteiger charge is -2.28. The lowest BCUT2D eigenvalue weighted by molar-refractivity contribution is 0.0708. The summed E-state index contributed by atoms with van der Waals surface area (Å²) in [5, 5.41) is 13.9. The molecule has 9 nitrogen and oxygen atoms in total. The standard InChI is InChI=1S/C19H39N5O4Si/c1-5-9-10-11-14-24-17-18(22-23-24)16-21-19(25)20-13-12-15-29(26-6-2,27-7-3)28-8-4/h17H,5-16H2,1-4H3,(H2,20,21,25). The zero-order valence-electron chi connectivity index (χ0n) is 18.5. The predicted molar refractivity (Wildman–Crippen MR) is 114 cm³/mol. The molecule has 0 spiro atoms. The van der Waals surface area contributed by atoms with Crippen molar-refractivity contribution in [1.82, 2.24) is 25.6 Å². The van der Waals surface area contributed by atoms with Crippen LogP contribution < -0.4 is 10.6 Å². The zero-order valence-corrected chi connectivity index (χ0v) is 19.5. The number of rotatable bonds is 17. The Hall–Kier alpha value is -1.49. The highest BCUT2D eigenvalue weighted by atomic mass is 28.4. The largest absolute Gasteiger partial charge is 0.500 e. The summed E-state index contributed by atoms with van der Waals surface area (Å²) in [4.78, 5) is 12.0. The van der Waals surface area contributed by atoms with E-state index in [2.05, 4.69) is 27.9 Å². The second kappa shape index (κ2) is 15.4. The summed E-state index contributed by atoms with van der Waals surface area (Å²) < 4.78 is 19.3. The van der Waals surface area contributed by atoms with Crippen LogP contribution in [0.25, 0.3) is 0 Å². The number of nitrogens with one attached hydrogen (secondary N) is 2. The quantitative estimate of drug-likeness (QED) is 0.292. The predicted octanol–water partition coefficient (Wildman–Crippen LogP) is 3.10. The molecule has 0 radical (unpaired) electrons. The summed E-state index contributed by atoms with van der Waals surface area (Å²) >= 11 is 0. The first-order chi connectivity index (χ1) is 14.1. The van der Waals surface area contributed by atoms with Gasteiger partial charge in [0.25, 0.3) is 0 Å². The van der Waals surface area contributed by atoms with E-state index >= 15 is 0 Å². The van der Waals surface area contributed by atoms with Gasteiger partial charge in [-0.2, -0.15) is 0 Å². The smallest absolute Gasteiger partial charge is 0.374 e. The van der Waals surface area contributed by atoms with Crippen LogP contribution in [0.5, 0.6) is 0 Å². The molecule has 0 aliphatic carbocycles. The van der Waals surface area contributed by atoms with E-state index in [1.54, 1.807) is 0 Å². The molecule has 1 aromatic heterocycles. The highest BCUT2D eigenvalue weighted by Gasteiger charge is 2.39. The number of nitrogens with zero attached hydrogens (tertiary/aromatic N) is 3. The van der Waals surface area contributed by atoms with Crippen molar-refractivity contribution < 1.29 is 18.1 Å². The van der Waals surface area contributed by atoms with Crippen molar-refractivity contribution in [2.75, 3.05) is 26.4 Å². The van der Waals surface area contributed by atoms with E-state index in [0.29, 0.717) is 39.0 Å². The Morgan fingerprint density at radius 2 is 1.69 bits per heavy atom. The first-order valence-corrected chi connectivity index (χ1v) is 12.8. The van der Waals surface area contributed by atoms with Gasteiger partial charge in [0, 0.05) is 39.0 Å². The van der Waals surface area contributed by atoms with Gasteiger partial charge >= 0.3 is 14.8 Å². The number of urea groups is 1. The molecule has 10 heteroatoms. The maximum Gasteiger partial charge on any atom is 0.500 e. The molecule has 0 saturated carbocycles. The van der Waals surface area contributed by atoms with Gasteiger partial charge in [-0.1, -0.05) is 31.4 Å². The van der Waals surface area contributed by atoms with Gasteiger partial charge < -0.3 is 23.9 Å². The van der Waals surface area contributed by atoms with E-state index in [1.165, 1.54) is 19.3 Å². The van der Waals surface area contributed by atoms with Crippen LogP contribution in [0.3, 0.4) is 0 Å². The zero-order chi connectivity index (χ0) is 21.4. The van der Waals surface area contributed by atoms with Crippen LogP contribution in [-0.2, 0) is 26.4 Å². The van der Waals surface area contributed by atoms with Gasteiger partial charge in [0.15, 0.2) is 0 Å². The van der Waals surface area contributed by atoms with Crippen LogP contribution >= 0.6 is 0 Å². The fourth-order valence-corrected chi connectivity index (χ4v) is 5.58. The molecule has 1 aromatic rings. The fourth-order valence-electron chi connectivity index (χ4n) is 2.97. The Morgan fingerprint density at radius 1 is 1.00 bits per heavy atom. The minimum absolute atomic E-state index is 0.223. The van der Waals surface area contributed by atoms with E-state index < -0.39 is 8.80 Å². The Morgan fingerprint density at radius 3 is 2.31 bits per heavy atom. The van der Waals surface area contributed by atoms with E-state index in [4.69, 9.17) is 13.3 Å². The molecule has 0 bridgehead atoms. The molecule has 0 unspecified atom stereocenters. The van der Waals surface area contributed by atoms with Crippen LogP contribution in [0.2, 0.25) is 6.04 Å². The van der Waals surface area contributed by atoms with E-state index in [0.717, 1.165) is 25.1 Å². The van der Waals surface area contributed by atoms with E-state index in [-0.39, 0.29) is 6.03 Å². The molecule has 0 fully saturated rings. The van der Waals surface area contributed by atoms with Gasteiger partial charge in [0.2, 0.25) is 0 Å². The minimum Gasteiger partial charge on any atom is -0.374 e. The van der Waals surface area contributed by atoms with Crippen molar-refractivity contribution in [2.45, 2.75) is 78.9 Å². The van der Waals surface area contributed by atoms with Gasteiger partial charge in [-0.05, 0) is 33.6 Å². The Balaban J connectivity index is 2.27. The molecule has 168 valence electrons. The number of carbonyl (C=O) groups is 1. The topological polar surface area (TPSA) is 99.5 Å². The summed E-state index contributed by atoms with van der Waals surface area (Å²) in [5.41, 5.74) is 0.756. The molecule has 2 amide bonds. The Labute approximate surface area is 176 Å². The van der Waals surface area contributed by atoms with Crippen LogP contribution in [0.1, 0.15) is 65.5 Å². The monoisotopic (exact) mass is 429 g/mol. The lowest BCUT2D eigenvalue weighted by atomic mass is 10.2. The summed E-state index contributed by atoms with van der Waals surface area (Å²) in [6.45, 7) is 11.4. The molecular formula is C19H39N5O4Si. The number of unbranched alkanes of at least 4 members (excludes halogenated alkanes) is 3. The Bertz CT molecular complexity index is 541. The van der Waals surface area contributed by atoms with Gasteiger partial charge in [-0.25, -0.2) is 4.79 Å². The van der Waals surface area contributed by atoms with Gasteiger partial charge in [0.05, 0.1) is 12.7 Å². The normalized spacial score (nSPS) is 11.6. The molecule has 0 saturated heterocycles. The van der Waals surface area contributed by atoms with Crippen LogP contribution in [0, 0.1) is 0 Å². The number of hydrogen-bond donors (Lipinski definition) is 2. The number of hydrogen-bond acceptors (Lipinski definition) is 6. The molecule has 2 N–H and O–H groups in total. The second-order valence-electron chi connectivity index (χ2n) is 6.73. The van der Waals surface area contributed by atoms with Crippen molar-refractivity contribution in [3.05, 3.63) is 11.9 Å². The average molecular weight is 430 g/mol. The first kappa shape index (κ1) is 25.5. The van der Waals surface area contributed by atoms with Crippen LogP contribution in [-0.4, -0.2) is 56.2 Å². The van der Waals surface area contributed by atoms with Gasteiger partial charge in [0.1, 0.15) is 5.69 Å². The molecule has 29 heavy (non-hydrogen) atoms. The summed E-state index contributed by atoms with van der Waals surface area (Å²) in [6, 6.07) is 0.453. The van der Waals surface area contributed by atoms with Crippen molar-refractivity contribution in [2.24, 2.45) is 0 Å². The Kier molecular flexibility index (Phi) is 13.5. The minimum atomic E-state index is -2.65. The lowest BCUT2D eigenvalue weighted by Crippen LogP contribution is -2.46. The van der Waals surface area contributed by atoms with Crippen LogP contribution in [0.15, 0.2) is 6.20 Å². The van der Waals surface area contributed by atoms with E-state index in [1.807, 2.05) is 31.6 Å². The number of amides is 2. The number of aromatic nitrogens is 3. The van der Waals surface area contributed by atoms with E-state index in [9.17, 15) is 4.79 Å². The maximum absolute atomic E-state index is 12.0. The molecule has 0 aromatic carbocycles. The highest BCUT2D eigenvalue weighted by molar-refractivity contribution is 6.60. The SMILES string of the molecule is CCCCCCn1cc(CNC(=O)NCCC[Si](OCC)(OCC)OCC)nn1. The van der Waals surface area contributed by atoms with Crippen molar-refractivity contribution in [1.29, 1.82) is 0 Å². The summed E-state index contributed by atoms with van der Waals surface area (Å²) in [5.74, 6) is 0. The average Bonchev–Trinajstić information content (AvgIpc) is 3.15. The third-order valence-corrected chi connectivity index (χ3v) is 7.45. The molecule has 1 rings (SSSR count). The summed E-state index contributed by atoms with van der Waals surface area (Å²) in [6.07, 6.45) is 7.37. The number of carbonyl (C=O) groups excluding carboxylic acids is 1. The molecule has 1 heterocycles. The maximum atomic E-state index is 12.0. The summed E-state index contributed by atoms with van der Waals surface area (Å²) in [7, 11) is -2.65. The van der Waals surface area contributed by atoms with Gasteiger partial charge in [-0.15, -0.1) is 5.10 Å². The molecule has 0 aliphatic heterocycles. The molecular weight excluding hydrogens is 390 g/mol. The fraction of sp³-hybridized carbons (Fsp3) is 0.842. The van der Waals surface area contributed by atoms with Crippen molar-refractivity contribution in [3.8, 4) is 0 Å². The third-order valence-electron chi connectivity index (χ3n) is 4.29. The van der Waals surface area contributed by atoms with Crippen molar-refractivity contribution in [3.63, 3.8) is 0 Å². The first-order valence-electron chi connectivity index (χ1n) is 10.9. The van der Waals surface area contributed by atoms with Gasteiger partial charge in [-0.3, -0.25) is 4.68 Å². The van der Waals surface area contributed by atoms with Crippen LogP contribution in [0.4, 0.5) is 4.79 Å². The molecule has 0 atom stereocenters. The highest BCUT2D eigenvalue weighted by Crippen LogP contribution is 2.17. The number of aryl methyl sites for hydroxylation is 1. The second-order valence-corrected chi connectivity index (χ2v) is 9.46. The van der Waals surface area contributed by atoms with Crippen molar-refractivity contribution >= 4 is 14.8 Å².